The second-order valence-electron chi connectivity index (χ2n) is 5.31. The Hall–Kier alpha value is -2.05. The normalized spacial score (nSPS) is 11.4. The van der Waals surface area contributed by atoms with Gasteiger partial charge in [0.2, 0.25) is 10.0 Å². The van der Waals surface area contributed by atoms with Gasteiger partial charge in [-0.05, 0) is 49.6 Å². The minimum Gasteiger partial charge on any atom is -0.295 e. The Bertz CT molecular complexity index is 814. The van der Waals surface area contributed by atoms with Crippen molar-refractivity contribution >= 4 is 15.8 Å². The molecule has 0 aliphatic heterocycles. The van der Waals surface area contributed by atoms with Crippen LogP contribution in [0.1, 0.15) is 28.4 Å². The summed E-state index contributed by atoms with van der Waals surface area (Å²) in [6.45, 7) is 3.30. The van der Waals surface area contributed by atoms with Crippen molar-refractivity contribution in [3.63, 3.8) is 0 Å². The summed E-state index contributed by atoms with van der Waals surface area (Å²) in [5.41, 5.74) is 1.86. The van der Waals surface area contributed by atoms with Crippen LogP contribution in [0.4, 0.5) is 4.39 Å². The maximum Gasteiger partial charge on any atom is 0.240 e. The highest BCUT2D eigenvalue weighted by molar-refractivity contribution is 7.89. The van der Waals surface area contributed by atoms with Gasteiger partial charge < -0.3 is 0 Å². The van der Waals surface area contributed by atoms with Gasteiger partial charge in [-0.2, -0.15) is 0 Å². The number of rotatable bonds is 6. The summed E-state index contributed by atoms with van der Waals surface area (Å²) in [6, 6.07) is 10.5. The average molecular weight is 335 g/mol. The van der Waals surface area contributed by atoms with E-state index in [2.05, 4.69) is 4.72 Å². The van der Waals surface area contributed by atoms with Gasteiger partial charge in [0, 0.05) is 12.1 Å². The highest BCUT2D eigenvalue weighted by Gasteiger charge is 2.13. The monoisotopic (exact) mass is 335 g/mol. The zero-order chi connectivity index (χ0) is 17.0. The van der Waals surface area contributed by atoms with Crippen molar-refractivity contribution in [2.75, 3.05) is 6.54 Å². The van der Waals surface area contributed by atoms with Crippen molar-refractivity contribution in [3.8, 4) is 0 Å². The highest BCUT2D eigenvalue weighted by atomic mass is 32.2. The van der Waals surface area contributed by atoms with Gasteiger partial charge in [-0.15, -0.1) is 0 Å². The van der Waals surface area contributed by atoms with E-state index in [1.165, 1.54) is 37.3 Å². The largest absolute Gasteiger partial charge is 0.295 e. The number of hydrogen-bond donors (Lipinski definition) is 1. The molecular weight excluding hydrogens is 317 g/mol. The first-order valence-corrected chi connectivity index (χ1v) is 8.63. The van der Waals surface area contributed by atoms with E-state index < -0.39 is 10.0 Å². The van der Waals surface area contributed by atoms with Crippen LogP contribution < -0.4 is 4.72 Å². The van der Waals surface area contributed by atoms with E-state index in [1.807, 2.05) is 0 Å². The number of sulfonamides is 1. The van der Waals surface area contributed by atoms with Gasteiger partial charge in [0.15, 0.2) is 5.78 Å². The zero-order valence-corrected chi connectivity index (χ0v) is 13.8. The van der Waals surface area contributed by atoms with Crippen molar-refractivity contribution in [2.45, 2.75) is 25.2 Å². The molecule has 23 heavy (non-hydrogen) atoms. The number of aryl methyl sites for hydroxylation is 1. The maximum absolute atomic E-state index is 13.2. The summed E-state index contributed by atoms with van der Waals surface area (Å²) in [6.07, 6.45) is 0.464. The number of Topliss-reactive ketones (excluding diaryl/α,β-unsaturated/α-hetero) is 1. The molecular formula is C17H18FNO3S. The molecule has 0 heterocycles. The third kappa shape index (κ3) is 4.46. The van der Waals surface area contributed by atoms with Gasteiger partial charge >= 0.3 is 0 Å². The first-order chi connectivity index (χ1) is 10.8. The molecule has 122 valence electrons. The number of hydrogen-bond acceptors (Lipinski definition) is 3. The quantitative estimate of drug-likeness (QED) is 0.826. The Balaban J connectivity index is 2.00. The second-order valence-corrected chi connectivity index (χ2v) is 7.08. The number of benzene rings is 2. The van der Waals surface area contributed by atoms with Gasteiger partial charge in [-0.25, -0.2) is 17.5 Å². The van der Waals surface area contributed by atoms with Crippen molar-refractivity contribution in [3.05, 3.63) is 65.0 Å². The molecule has 0 aliphatic rings. The molecule has 0 spiro atoms. The maximum atomic E-state index is 13.2. The smallest absolute Gasteiger partial charge is 0.240 e. The molecule has 2 aromatic carbocycles. The minimum absolute atomic E-state index is 0.109. The lowest BCUT2D eigenvalue weighted by molar-refractivity contribution is 0.101. The fraction of sp³-hybridized carbons (Fsp3) is 0.235. The molecule has 0 bridgehead atoms. The molecule has 0 aromatic heterocycles. The summed E-state index contributed by atoms with van der Waals surface area (Å²) in [4.78, 5) is 11.3. The zero-order valence-electron chi connectivity index (χ0n) is 13.0. The predicted octanol–water partition coefficient (Wildman–Crippen LogP) is 2.86. The summed E-state index contributed by atoms with van der Waals surface area (Å²) in [5.74, 6) is -0.395. The van der Waals surface area contributed by atoms with Crippen LogP contribution in [0.15, 0.2) is 47.4 Å². The summed E-state index contributed by atoms with van der Waals surface area (Å²) >= 11 is 0. The van der Waals surface area contributed by atoms with Crippen LogP contribution in [-0.4, -0.2) is 20.7 Å². The van der Waals surface area contributed by atoms with E-state index in [0.29, 0.717) is 17.5 Å². The van der Waals surface area contributed by atoms with Crippen LogP contribution in [0.3, 0.4) is 0 Å². The molecule has 0 saturated carbocycles. The number of carbonyl (C=O) groups excluding carboxylic acids is 1. The molecule has 2 aromatic rings. The third-order valence-electron chi connectivity index (χ3n) is 3.50. The fourth-order valence-electron chi connectivity index (χ4n) is 2.14. The van der Waals surface area contributed by atoms with Crippen LogP contribution in [-0.2, 0) is 16.4 Å². The number of carbonyl (C=O) groups is 1. The summed E-state index contributed by atoms with van der Waals surface area (Å²) in [7, 11) is -3.63. The van der Waals surface area contributed by atoms with Crippen LogP contribution in [0.5, 0.6) is 0 Å². The van der Waals surface area contributed by atoms with Crippen LogP contribution in [0, 0.1) is 12.7 Å². The SMILES string of the molecule is CC(=O)c1ccc(S(=O)(=O)NCCc2ccc(F)c(C)c2)cc1. The fourth-order valence-corrected chi connectivity index (χ4v) is 3.18. The van der Waals surface area contributed by atoms with Crippen LogP contribution in [0.25, 0.3) is 0 Å². The number of halogens is 1. The van der Waals surface area contributed by atoms with E-state index in [-0.39, 0.29) is 23.0 Å². The Labute approximate surface area is 135 Å². The average Bonchev–Trinajstić information content (AvgIpc) is 2.51. The molecule has 0 atom stereocenters. The lowest BCUT2D eigenvalue weighted by Gasteiger charge is -2.08. The lowest BCUT2D eigenvalue weighted by Crippen LogP contribution is -2.26. The molecule has 6 heteroatoms. The Morgan fingerprint density at radius 2 is 1.78 bits per heavy atom. The number of ketones is 1. The van der Waals surface area contributed by atoms with Gasteiger partial charge in [-0.3, -0.25) is 4.79 Å². The topological polar surface area (TPSA) is 63.2 Å². The standard InChI is InChI=1S/C17H18FNO3S/c1-12-11-14(3-8-17(12)18)9-10-19-23(21,22)16-6-4-15(5-7-16)13(2)20/h3-8,11,19H,9-10H2,1-2H3. The number of nitrogens with one attached hydrogen (secondary N) is 1. The highest BCUT2D eigenvalue weighted by Crippen LogP contribution is 2.12. The Morgan fingerprint density at radius 1 is 1.13 bits per heavy atom. The minimum atomic E-state index is -3.63. The molecule has 0 aliphatic carbocycles. The van der Waals surface area contributed by atoms with Crippen molar-refractivity contribution in [1.29, 1.82) is 0 Å². The Kier molecular flexibility index (Phi) is 5.28. The first-order valence-electron chi connectivity index (χ1n) is 7.15. The van der Waals surface area contributed by atoms with Gasteiger partial charge in [0.1, 0.15) is 5.82 Å². The molecule has 0 fully saturated rings. The predicted molar refractivity (Wildman–Crippen MR) is 86.5 cm³/mol. The van der Waals surface area contributed by atoms with Crippen LogP contribution in [0.2, 0.25) is 0 Å². The summed E-state index contributed by atoms with van der Waals surface area (Å²) in [5, 5.41) is 0. The van der Waals surface area contributed by atoms with Crippen molar-refractivity contribution in [2.24, 2.45) is 0 Å². The third-order valence-corrected chi connectivity index (χ3v) is 4.98. The van der Waals surface area contributed by atoms with Gasteiger partial charge in [0.05, 0.1) is 4.90 Å². The lowest BCUT2D eigenvalue weighted by atomic mass is 10.1. The first kappa shape index (κ1) is 17.3. The molecule has 0 radical (unpaired) electrons. The molecule has 0 unspecified atom stereocenters. The molecule has 4 nitrogen and oxygen atoms in total. The van der Waals surface area contributed by atoms with E-state index in [9.17, 15) is 17.6 Å². The van der Waals surface area contributed by atoms with E-state index in [4.69, 9.17) is 0 Å². The Morgan fingerprint density at radius 3 is 2.35 bits per heavy atom. The van der Waals surface area contributed by atoms with E-state index in [1.54, 1.807) is 19.1 Å². The summed E-state index contributed by atoms with van der Waals surface area (Å²) < 4.78 is 40.0. The molecule has 0 amide bonds. The van der Waals surface area contributed by atoms with E-state index in [0.717, 1.165) is 5.56 Å². The molecule has 2 rings (SSSR count). The molecule has 0 saturated heterocycles. The molecule has 1 N–H and O–H groups in total. The second kappa shape index (κ2) is 7.02. The van der Waals surface area contributed by atoms with Gasteiger partial charge in [0.25, 0.3) is 0 Å². The van der Waals surface area contributed by atoms with Crippen LogP contribution >= 0.6 is 0 Å². The van der Waals surface area contributed by atoms with Gasteiger partial charge in [-0.1, -0.05) is 24.3 Å². The van der Waals surface area contributed by atoms with Crippen molar-refractivity contribution < 1.29 is 17.6 Å². The van der Waals surface area contributed by atoms with E-state index >= 15 is 0 Å². The van der Waals surface area contributed by atoms with Crippen molar-refractivity contribution in [1.82, 2.24) is 4.72 Å².